The molecule has 0 atom stereocenters. The Morgan fingerprint density at radius 2 is 0.868 bits per heavy atom. The first-order chi connectivity index (χ1) is 17.6. The number of nitrogens with zero attached hydrogens (tertiary/aromatic N) is 2. The summed E-state index contributed by atoms with van der Waals surface area (Å²) in [6.07, 6.45) is 0. The number of fused-ring (bicyclic) bond motifs is 10. The normalized spacial score (nSPS) is 16.1. The fourth-order valence-corrected chi connectivity index (χ4v) is 5.32. The summed E-state index contributed by atoms with van der Waals surface area (Å²) in [6, 6.07) is 27.1. The third-order valence-corrected chi connectivity index (χ3v) is 8.42. The summed E-state index contributed by atoms with van der Waals surface area (Å²) in [5.41, 5.74) is 11.2. The van der Waals surface area contributed by atoms with Gasteiger partial charge in [-0.15, -0.1) is 0 Å². The molecule has 0 aliphatic carbocycles. The Morgan fingerprint density at radius 3 is 1.21 bits per heavy atom. The second-order valence-corrected chi connectivity index (χ2v) is 14.2. The Bertz CT molecular complexity index is 1410. The third-order valence-electron chi connectivity index (χ3n) is 8.42. The van der Waals surface area contributed by atoms with E-state index in [1.807, 2.05) is 0 Å². The molecular weight excluding hydrogens is 460 g/mol. The monoisotopic (exact) mass is 502 g/mol. The second kappa shape index (κ2) is 8.63. The summed E-state index contributed by atoms with van der Waals surface area (Å²) in [5, 5.41) is 0. The molecule has 2 aromatic heterocycles. The third kappa shape index (κ3) is 4.59. The van der Waals surface area contributed by atoms with Gasteiger partial charge in [0.25, 0.3) is 0 Å². The van der Waals surface area contributed by atoms with Gasteiger partial charge in [0.1, 0.15) is 0 Å². The number of aromatic nitrogens is 2. The van der Waals surface area contributed by atoms with Crippen molar-refractivity contribution >= 4 is 0 Å². The van der Waals surface area contributed by atoms with E-state index < -0.39 is 0 Å². The van der Waals surface area contributed by atoms with E-state index in [1.165, 1.54) is 33.4 Å². The molecule has 8 bridgehead atoms. The smallest absolute Gasteiger partial charge is 0.0889 e. The number of rotatable bonds is 0. The number of hydrogen-bond donors (Lipinski definition) is 0. The van der Waals surface area contributed by atoms with Gasteiger partial charge in [0.15, 0.2) is 0 Å². The van der Waals surface area contributed by atoms with E-state index >= 15 is 0 Å². The predicted octanol–water partition coefficient (Wildman–Crippen LogP) is 9.37. The van der Waals surface area contributed by atoms with Crippen molar-refractivity contribution < 1.29 is 0 Å². The van der Waals surface area contributed by atoms with E-state index in [0.29, 0.717) is 0 Å². The van der Waals surface area contributed by atoms with Crippen molar-refractivity contribution in [2.24, 2.45) is 0 Å². The van der Waals surface area contributed by atoms with Crippen LogP contribution in [0.15, 0.2) is 72.8 Å². The first-order valence-corrected chi connectivity index (χ1v) is 13.8. The summed E-state index contributed by atoms with van der Waals surface area (Å²) in [4.78, 5) is 10.4. The number of hydrogen-bond acceptors (Lipinski definition) is 2. The summed E-state index contributed by atoms with van der Waals surface area (Å²) in [6.45, 7) is 23.0. The molecule has 4 aromatic rings. The highest BCUT2D eigenvalue weighted by molar-refractivity contribution is 5.70. The lowest BCUT2D eigenvalue weighted by molar-refractivity contribution is 0.576. The van der Waals surface area contributed by atoms with E-state index in [1.54, 1.807) is 0 Å². The van der Waals surface area contributed by atoms with Gasteiger partial charge >= 0.3 is 0 Å². The molecule has 2 aromatic carbocycles. The molecule has 0 radical (unpaired) electrons. The highest BCUT2D eigenvalue weighted by Crippen LogP contribution is 2.41. The molecular formula is C36H42N2. The summed E-state index contributed by atoms with van der Waals surface area (Å²) in [5.74, 6) is 0. The molecule has 0 spiro atoms. The first kappa shape index (κ1) is 26.4. The van der Waals surface area contributed by atoms with Crippen LogP contribution in [0.3, 0.4) is 0 Å². The highest BCUT2D eigenvalue weighted by atomic mass is 14.8. The van der Waals surface area contributed by atoms with Gasteiger partial charge in [-0.1, -0.05) is 118 Å². The molecule has 0 saturated heterocycles. The van der Waals surface area contributed by atoms with E-state index in [0.717, 1.165) is 22.8 Å². The molecule has 2 heteroatoms. The van der Waals surface area contributed by atoms with Crippen LogP contribution in [0.4, 0.5) is 0 Å². The SMILES string of the molecule is CC(C)(C)c1cc2cc(c1)C(C)(C)c1cccc(n1)-c1cccc(n1)C(C)(C)c1cc-2cc(C(C)(C)C)c1. The molecule has 1 aliphatic heterocycles. The van der Waals surface area contributed by atoms with Gasteiger partial charge in [0.2, 0.25) is 0 Å². The molecule has 0 saturated carbocycles. The van der Waals surface area contributed by atoms with Crippen LogP contribution in [0.1, 0.15) is 103 Å². The van der Waals surface area contributed by atoms with Crippen LogP contribution in [0.2, 0.25) is 0 Å². The Kier molecular flexibility index (Phi) is 5.98. The maximum Gasteiger partial charge on any atom is 0.0889 e. The largest absolute Gasteiger partial charge is 0.250 e. The topological polar surface area (TPSA) is 25.8 Å². The fraction of sp³-hybridized carbons (Fsp3) is 0.389. The van der Waals surface area contributed by atoms with Gasteiger partial charge in [0, 0.05) is 10.8 Å². The van der Waals surface area contributed by atoms with E-state index in [4.69, 9.17) is 9.97 Å². The van der Waals surface area contributed by atoms with Crippen LogP contribution in [0.5, 0.6) is 0 Å². The zero-order chi connectivity index (χ0) is 27.7. The second-order valence-electron chi connectivity index (χ2n) is 14.2. The summed E-state index contributed by atoms with van der Waals surface area (Å²) < 4.78 is 0. The van der Waals surface area contributed by atoms with Crippen molar-refractivity contribution in [1.29, 1.82) is 0 Å². The van der Waals surface area contributed by atoms with Gasteiger partial charge in [-0.3, -0.25) is 9.97 Å². The molecule has 3 heterocycles. The standard InChI is InChI=1S/C36H42N2/c1-33(2,3)25-17-23-19-27(21-25)35(7,8)31-15-11-13-29(37-31)30-14-12-16-32(38-30)36(9,10)28-20-24(23)18-26(22-28)34(4,5)6/h11-22H,1-10H3. The van der Waals surface area contributed by atoms with Crippen LogP contribution in [-0.4, -0.2) is 9.97 Å². The van der Waals surface area contributed by atoms with Crippen molar-refractivity contribution in [1.82, 2.24) is 9.97 Å². The predicted molar refractivity (Wildman–Crippen MR) is 161 cm³/mol. The lowest BCUT2D eigenvalue weighted by Gasteiger charge is -2.31. The molecule has 2 nitrogen and oxygen atoms in total. The van der Waals surface area contributed by atoms with E-state index in [9.17, 15) is 0 Å². The van der Waals surface area contributed by atoms with Gasteiger partial charge in [-0.2, -0.15) is 0 Å². The molecule has 38 heavy (non-hydrogen) atoms. The van der Waals surface area contributed by atoms with Crippen molar-refractivity contribution in [2.45, 2.75) is 90.9 Å². The Balaban J connectivity index is 1.93. The average Bonchev–Trinajstić information content (AvgIpc) is 2.87. The Labute approximate surface area is 229 Å². The summed E-state index contributed by atoms with van der Waals surface area (Å²) in [7, 11) is 0. The van der Waals surface area contributed by atoms with Gasteiger partial charge in [0.05, 0.1) is 22.8 Å². The maximum atomic E-state index is 5.19. The minimum absolute atomic E-state index is 0.0205. The fourth-order valence-electron chi connectivity index (χ4n) is 5.32. The lowest BCUT2D eigenvalue weighted by atomic mass is 9.74. The van der Waals surface area contributed by atoms with Crippen LogP contribution in [-0.2, 0) is 21.7 Å². The lowest BCUT2D eigenvalue weighted by Crippen LogP contribution is -2.24. The zero-order valence-electron chi connectivity index (χ0n) is 24.8. The Hall–Kier alpha value is -3.26. The van der Waals surface area contributed by atoms with Gasteiger partial charge in [-0.25, -0.2) is 0 Å². The number of pyridine rings is 2. The maximum absolute atomic E-state index is 5.19. The minimum atomic E-state index is -0.280. The molecule has 0 fully saturated rings. The van der Waals surface area contributed by atoms with Crippen molar-refractivity contribution in [2.75, 3.05) is 0 Å². The highest BCUT2D eigenvalue weighted by Gasteiger charge is 2.31. The Morgan fingerprint density at radius 1 is 0.500 bits per heavy atom. The van der Waals surface area contributed by atoms with Crippen molar-refractivity contribution in [3.63, 3.8) is 0 Å². The molecule has 0 N–H and O–H groups in total. The van der Waals surface area contributed by atoms with Crippen LogP contribution < -0.4 is 0 Å². The molecule has 5 rings (SSSR count). The van der Waals surface area contributed by atoms with Crippen LogP contribution >= 0.6 is 0 Å². The van der Waals surface area contributed by atoms with Crippen molar-refractivity contribution in [3.05, 3.63) is 106 Å². The molecule has 0 amide bonds. The number of benzene rings is 2. The quantitative estimate of drug-likeness (QED) is 0.239. The first-order valence-electron chi connectivity index (χ1n) is 13.8. The van der Waals surface area contributed by atoms with Gasteiger partial charge < -0.3 is 0 Å². The molecule has 1 aliphatic rings. The molecule has 196 valence electrons. The average molecular weight is 503 g/mol. The zero-order valence-corrected chi connectivity index (χ0v) is 24.8. The van der Waals surface area contributed by atoms with Crippen molar-refractivity contribution in [3.8, 4) is 22.5 Å². The summed E-state index contributed by atoms with van der Waals surface area (Å²) >= 11 is 0. The van der Waals surface area contributed by atoms with Crippen LogP contribution in [0.25, 0.3) is 22.5 Å². The van der Waals surface area contributed by atoms with Crippen LogP contribution in [0, 0.1) is 0 Å². The minimum Gasteiger partial charge on any atom is -0.250 e. The molecule has 0 unspecified atom stereocenters. The van der Waals surface area contributed by atoms with E-state index in [-0.39, 0.29) is 21.7 Å². The van der Waals surface area contributed by atoms with Gasteiger partial charge in [-0.05, 0) is 68.5 Å². The van der Waals surface area contributed by atoms with E-state index in [2.05, 4.69) is 142 Å².